The number of hydrazine groups is 1. The van der Waals surface area contributed by atoms with Crippen molar-refractivity contribution in [3.8, 4) is 0 Å². The monoisotopic (exact) mass is 358 g/mol. The van der Waals surface area contributed by atoms with Crippen molar-refractivity contribution in [1.82, 2.24) is 14.8 Å². The van der Waals surface area contributed by atoms with Crippen molar-refractivity contribution in [2.24, 2.45) is 5.84 Å². The predicted octanol–water partition coefficient (Wildman–Crippen LogP) is 2.50. The second-order valence-electron chi connectivity index (χ2n) is 3.68. The topological polar surface area (TPSA) is 80.9 Å². The molecule has 0 fully saturated rings. The first-order valence-corrected chi connectivity index (χ1v) is 7.88. The Balaban J connectivity index is 2.07. The molecule has 1 amide bonds. The molecule has 2 aromatic rings. The molecule has 2 rings (SSSR count). The molecule has 0 saturated carbocycles. The summed E-state index contributed by atoms with van der Waals surface area (Å²) in [5, 5.41) is 0. The standard InChI is InChI=1S/C11H11BrN4OS2/c1-6-14-11(19-16-6)18-5-8-3-2-7(4-9(8)12)10(17)15-13/h2-4H,5,13H2,1H3,(H,15,17). The van der Waals surface area contributed by atoms with Gasteiger partial charge in [-0.25, -0.2) is 10.8 Å². The summed E-state index contributed by atoms with van der Waals surface area (Å²) in [7, 11) is 0. The van der Waals surface area contributed by atoms with E-state index in [0.29, 0.717) is 5.56 Å². The van der Waals surface area contributed by atoms with Gasteiger partial charge in [0.25, 0.3) is 5.91 Å². The second-order valence-corrected chi connectivity index (χ2v) is 6.50. The Kier molecular flexibility index (Phi) is 4.92. The molecule has 19 heavy (non-hydrogen) atoms. The fraction of sp³-hybridized carbons (Fsp3) is 0.182. The first kappa shape index (κ1) is 14.4. The van der Waals surface area contributed by atoms with Crippen LogP contribution >= 0.6 is 39.2 Å². The van der Waals surface area contributed by atoms with Gasteiger partial charge in [0.05, 0.1) is 0 Å². The number of aryl methyl sites for hydroxylation is 1. The maximum Gasteiger partial charge on any atom is 0.265 e. The Bertz CT molecular complexity index is 602. The van der Waals surface area contributed by atoms with Crippen molar-refractivity contribution < 1.29 is 4.79 Å². The molecular weight excluding hydrogens is 348 g/mol. The number of aromatic nitrogens is 2. The molecule has 1 aromatic carbocycles. The third-order valence-electron chi connectivity index (χ3n) is 2.31. The second kappa shape index (κ2) is 6.47. The van der Waals surface area contributed by atoms with E-state index in [1.807, 2.05) is 13.0 Å². The number of halogens is 1. The molecule has 1 heterocycles. The number of hydrogen-bond acceptors (Lipinski definition) is 6. The summed E-state index contributed by atoms with van der Waals surface area (Å²) in [4.78, 5) is 15.7. The summed E-state index contributed by atoms with van der Waals surface area (Å²) in [6.07, 6.45) is 0. The van der Waals surface area contributed by atoms with Crippen LogP contribution in [0.5, 0.6) is 0 Å². The minimum absolute atomic E-state index is 0.306. The average Bonchev–Trinajstić information content (AvgIpc) is 2.82. The van der Waals surface area contributed by atoms with Crippen LogP contribution in [0.4, 0.5) is 0 Å². The van der Waals surface area contributed by atoms with E-state index in [-0.39, 0.29) is 5.91 Å². The van der Waals surface area contributed by atoms with Crippen LogP contribution in [-0.2, 0) is 5.75 Å². The molecule has 0 radical (unpaired) electrons. The highest BCUT2D eigenvalue weighted by molar-refractivity contribution is 9.10. The van der Waals surface area contributed by atoms with E-state index >= 15 is 0 Å². The molecule has 3 N–H and O–H groups in total. The zero-order valence-corrected chi connectivity index (χ0v) is 13.2. The third kappa shape index (κ3) is 3.75. The lowest BCUT2D eigenvalue weighted by atomic mass is 10.1. The van der Waals surface area contributed by atoms with Crippen LogP contribution in [0.3, 0.4) is 0 Å². The van der Waals surface area contributed by atoms with Crippen LogP contribution in [0.1, 0.15) is 21.7 Å². The molecular formula is C11H11BrN4OS2. The maximum atomic E-state index is 11.4. The lowest BCUT2D eigenvalue weighted by Crippen LogP contribution is -2.29. The summed E-state index contributed by atoms with van der Waals surface area (Å²) in [6.45, 7) is 1.87. The summed E-state index contributed by atoms with van der Waals surface area (Å²) in [6, 6.07) is 5.40. The first-order valence-electron chi connectivity index (χ1n) is 5.32. The van der Waals surface area contributed by atoms with Gasteiger partial charge < -0.3 is 0 Å². The van der Waals surface area contributed by atoms with Crippen molar-refractivity contribution in [2.75, 3.05) is 0 Å². The molecule has 0 saturated heterocycles. The summed E-state index contributed by atoms with van der Waals surface area (Å²) in [5.41, 5.74) is 3.72. The van der Waals surface area contributed by atoms with Crippen molar-refractivity contribution >= 4 is 45.1 Å². The summed E-state index contributed by atoms with van der Waals surface area (Å²) < 4.78 is 5.95. The molecule has 0 aliphatic rings. The van der Waals surface area contributed by atoms with Gasteiger partial charge in [0.15, 0.2) is 4.34 Å². The molecule has 8 heteroatoms. The zero-order valence-electron chi connectivity index (χ0n) is 10.0. The van der Waals surface area contributed by atoms with Crippen molar-refractivity contribution in [3.05, 3.63) is 39.6 Å². The van der Waals surface area contributed by atoms with Gasteiger partial charge in [0, 0.05) is 15.8 Å². The molecule has 0 aliphatic heterocycles. The normalized spacial score (nSPS) is 10.5. The minimum atomic E-state index is -0.306. The highest BCUT2D eigenvalue weighted by atomic mass is 79.9. The van der Waals surface area contributed by atoms with E-state index < -0.39 is 0 Å². The molecule has 0 spiro atoms. The molecule has 0 bridgehead atoms. The minimum Gasteiger partial charge on any atom is -0.290 e. The summed E-state index contributed by atoms with van der Waals surface area (Å²) >= 11 is 6.47. The number of nitrogens with one attached hydrogen (secondary N) is 1. The van der Waals surface area contributed by atoms with E-state index in [2.05, 4.69) is 30.7 Å². The van der Waals surface area contributed by atoms with Crippen LogP contribution in [0.2, 0.25) is 0 Å². The van der Waals surface area contributed by atoms with Crippen molar-refractivity contribution in [2.45, 2.75) is 17.0 Å². The number of rotatable bonds is 4. The zero-order chi connectivity index (χ0) is 13.8. The Morgan fingerprint density at radius 3 is 2.95 bits per heavy atom. The molecule has 5 nitrogen and oxygen atoms in total. The van der Waals surface area contributed by atoms with Gasteiger partial charge in [-0.2, -0.15) is 4.37 Å². The van der Waals surface area contributed by atoms with Gasteiger partial charge in [-0.1, -0.05) is 33.8 Å². The lowest BCUT2D eigenvalue weighted by molar-refractivity contribution is 0.0953. The van der Waals surface area contributed by atoms with Crippen LogP contribution in [-0.4, -0.2) is 15.3 Å². The van der Waals surface area contributed by atoms with Crippen molar-refractivity contribution in [3.63, 3.8) is 0 Å². The Morgan fingerprint density at radius 2 is 2.37 bits per heavy atom. The van der Waals surface area contributed by atoms with E-state index in [4.69, 9.17) is 5.84 Å². The number of nitrogens with zero attached hydrogens (tertiary/aromatic N) is 2. The maximum absolute atomic E-state index is 11.4. The number of carbonyl (C=O) groups excluding carboxylic acids is 1. The first-order chi connectivity index (χ1) is 9.10. The van der Waals surface area contributed by atoms with Gasteiger partial charge >= 0.3 is 0 Å². The number of thioether (sulfide) groups is 1. The van der Waals surface area contributed by atoms with Crippen molar-refractivity contribution in [1.29, 1.82) is 0 Å². The van der Waals surface area contributed by atoms with Gasteiger partial charge in [-0.15, -0.1) is 0 Å². The quantitative estimate of drug-likeness (QED) is 0.379. The van der Waals surface area contributed by atoms with Gasteiger partial charge in [-0.3, -0.25) is 10.2 Å². The highest BCUT2D eigenvalue weighted by Crippen LogP contribution is 2.28. The van der Waals surface area contributed by atoms with E-state index in [0.717, 1.165) is 26.0 Å². The largest absolute Gasteiger partial charge is 0.290 e. The highest BCUT2D eigenvalue weighted by Gasteiger charge is 2.08. The van der Waals surface area contributed by atoms with Crippen LogP contribution in [0, 0.1) is 6.92 Å². The average molecular weight is 359 g/mol. The number of hydrogen-bond donors (Lipinski definition) is 2. The number of nitrogens with two attached hydrogens (primary N) is 1. The number of amides is 1. The van der Waals surface area contributed by atoms with Gasteiger partial charge in [0.1, 0.15) is 5.82 Å². The Labute approximate surface area is 127 Å². The lowest BCUT2D eigenvalue weighted by Gasteiger charge is -2.05. The van der Waals surface area contributed by atoms with E-state index in [1.54, 1.807) is 23.9 Å². The van der Waals surface area contributed by atoms with E-state index in [9.17, 15) is 4.79 Å². The van der Waals surface area contributed by atoms with Crippen LogP contribution in [0.15, 0.2) is 27.0 Å². The van der Waals surface area contributed by atoms with Crippen LogP contribution < -0.4 is 11.3 Å². The predicted molar refractivity (Wildman–Crippen MR) is 80.0 cm³/mol. The van der Waals surface area contributed by atoms with Gasteiger partial charge in [0.2, 0.25) is 0 Å². The number of carbonyl (C=O) groups is 1. The summed E-state index contributed by atoms with van der Waals surface area (Å²) in [5.74, 6) is 6.35. The molecule has 1 aromatic heterocycles. The van der Waals surface area contributed by atoms with Gasteiger partial charge in [-0.05, 0) is 36.2 Å². The fourth-order valence-corrected chi connectivity index (χ4v) is 3.72. The molecule has 0 aliphatic carbocycles. The third-order valence-corrected chi connectivity index (χ3v) is 5.02. The number of benzene rings is 1. The van der Waals surface area contributed by atoms with E-state index in [1.165, 1.54) is 11.5 Å². The SMILES string of the molecule is Cc1nsc(SCc2ccc(C(=O)NN)cc2Br)n1. The fourth-order valence-electron chi connectivity index (χ4n) is 1.37. The molecule has 0 atom stereocenters. The Hall–Kier alpha value is -0.960. The Morgan fingerprint density at radius 1 is 1.58 bits per heavy atom. The molecule has 0 unspecified atom stereocenters. The molecule has 100 valence electrons. The number of nitrogen functional groups attached to an aromatic ring is 1. The smallest absolute Gasteiger partial charge is 0.265 e. The van der Waals surface area contributed by atoms with Crippen LogP contribution in [0.25, 0.3) is 0 Å².